The van der Waals surface area contributed by atoms with Crippen molar-refractivity contribution in [1.82, 2.24) is 4.90 Å². The minimum atomic E-state index is -10.2. The molecule has 0 bridgehead atoms. The van der Waals surface area contributed by atoms with E-state index in [0.29, 0.717) is 23.0 Å². The molecule has 3 aliphatic rings. The SMILES string of the molecule is CCCC1CCC(c2ccc(CN3CC[N+](Cc4ccc(C5CCC(CCC)CC5)cc4)=C3[P-](F)(F)(F)(F)F)cc2)CC1. The molecule has 1 aliphatic heterocycles. The Morgan fingerprint density at radius 2 is 1.09 bits per heavy atom. The Kier molecular flexibility index (Phi) is 9.35. The average Bonchev–Trinajstić information content (AvgIpc) is 3.38. The van der Waals surface area contributed by atoms with Gasteiger partial charge in [-0.15, -0.1) is 0 Å². The van der Waals surface area contributed by atoms with Crippen molar-refractivity contribution in [2.24, 2.45) is 11.8 Å². The first kappa shape index (κ1) is 32.4. The normalized spacial score (nSPS) is 26.8. The maximum absolute atomic E-state index is 14.5. The van der Waals surface area contributed by atoms with Crippen LogP contribution in [-0.2, 0) is 13.1 Å². The van der Waals surface area contributed by atoms with E-state index in [1.165, 1.54) is 62.5 Å². The van der Waals surface area contributed by atoms with Crippen molar-refractivity contribution >= 4 is 13.1 Å². The molecule has 43 heavy (non-hydrogen) atoms. The Hall–Kier alpha value is -2.01. The van der Waals surface area contributed by atoms with Crippen molar-refractivity contribution in [1.29, 1.82) is 0 Å². The quantitative estimate of drug-likeness (QED) is 0.137. The fourth-order valence-corrected chi connectivity index (χ4v) is 9.50. The minimum absolute atomic E-state index is 0.0755. The summed E-state index contributed by atoms with van der Waals surface area (Å²) in [5.74, 6) is 2.54. The summed E-state index contributed by atoms with van der Waals surface area (Å²) in [5.41, 5.74) is 1.95. The Morgan fingerprint density at radius 3 is 1.51 bits per heavy atom. The van der Waals surface area contributed by atoms with E-state index < -0.39 is 13.1 Å². The summed E-state index contributed by atoms with van der Waals surface area (Å²) < 4.78 is 73.4. The van der Waals surface area contributed by atoms with Crippen LogP contribution in [0.1, 0.15) is 125 Å². The molecule has 240 valence electrons. The molecule has 0 radical (unpaired) electrons. The van der Waals surface area contributed by atoms with Crippen LogP contribution in [0.25, 0.3) is 0 Å². The topological polar surface area (TPSA) is 6.25 Å². The molecule has 2 aliphatic carbocycles. The molecule has 0 N–H and O–H groups in total. The summed E-state index contributed by atoms with van der Waals surface area (Å²) >= 11 is 0. The van der Waals surface area contributed by atoms with Gasteiger partial charge in [0.05, 0.1) is 0 Å². The Labute approximate surface area is 254 Å². The van der Waals surface area contributed by atoms with Crippen LogP contribution in [0.15, 0.2) is 48.5 Å². The van der Waals surface area contributed by atoms with Crippen LogP contribution in [0.4, 0.5) is 21.0 Å². The molecule has 5 rings (SSSR count). The number of hydrogen-bond donors (Lipinski definition) is 0. The molecule has 0 spiro atoms. The Bertz CT molecular complexity index is 1240. The summed E-state index contributed by atoms with van der Waals surface area (Å²) in [6.45, 7) is 3.94. The monoisotopic (exact) mass is 624 g/mol. The van der Waals surface area contributed by atoms with Gasteiger partial charge in [0.1, 0.15) is 0 Å². The molecule has 2 nitrogen and oxygen atoms in total. The molecule has 0 aromatic heterocycles. The van der Waals surface area contributed by atoms with Crippen LogP contribution < -0.4 is 0 Å². The van der Waals surface area contributed by atoms with Crippen LogP contribution in [-0.4, -0.2) is 28.1 Å². The van der Waals surface area contributed by atoms with E-state index in [0.717, 1.165) is 47.0 Å². The zero-order valence-electron chi connectivity index (χ0n) is 26.0. The Morgan fingerprint density at radius 1 is 0.651 bits per heavy atom. The number of rotatable bonds is 11. The van der Waals surface area contributed by atoms with Crippen LogP contribution >= 0.6 is 7.50 Å². The third kappa shape index (κ3) is 8.38. The fourth-order valence-electron chi connectivity index (χ4n) is 8.09. The van der Waals surface area contributed by atoms with Gasteiger partial charge in [0, 0.05) is 0 Å². The number of amidine groups is 1. The first-order valence-electron chi connectivity index (χ1n) is 16.7. The van der Waals surface area contributed by atoms with Crippen molar-refractivity contribution in [2.75, 3.05) is 13.1 Å². The fraction of sp³-hybridized carbons (Fsp3) is 0.629. The van der Waals surface area contributed by atoms with E-state index in [9.17, 15) is 21.0 Å². The predicted octanol–water partition coefficient (Wildman–Crippen LogP) is 11.7. The van der Waals surface area contributed by atoms with Crippen LogP contribution in [0.2, 0.25) is 0 Å². The molecule has 8 heteroatoms. The van der Waals surface area contributed by atoms with E-state index in [-0.39, 0.29) is 26.2 Å². The molecule has 2 aromatic carbocycles. The molecule has 2 aromatic rings. The van der Waals surface area contributed by atoms with Crippen molar-refractivity contribution in [3.05, 3.63) is 70.8 Å². The molecule has 0 unspecified atom stereocenters. The van der Waals surface area contributed by atoms with Crippen molar-refractivity contribution in [3.63, 3.8) is 0 Å². The van der Waals surface area contributed by atoms with E-state index in [1.54, 1.807) is 0 Å². The third-order valence-electron chi connectivity index (χ3n) is 10.3. The van der Waals surface area contributed by atoms with Gasteiger partial charge in [-0.25, -0.2) is 0 Å². The molecular formula is C35H50F5N2P. The van der Waals surface area contributed by atoms with Gasteiger partial charge in [0.15, 0.2) is 0 Å². The molecule has 2 saturated carbocycles. The average molecular weight is 625 g/mol. The van der Waals surface area contributed by atoms with Crippen molar-refractivity contribution in [2.45, 2.75) is 116 Å². The number of benzene rings is 2. The van der Waals surface area contributed by atoms with E-state index in [2.05, 4.69) is 13.8 Å². The Balaban J connectivity index is 1.27. The summed E-state index contributed by atoms with van der Waals surface area (Å²) in [4.78, 5) is 0.865. The van der Waals surface area contributed by atoms with E-state index >= 15 is 0 Å². The first-order chi connectivity index (χ1) is 20.3. The van der Waals surface area contributed by atoms with Crippen LogP contribution in [0.5, 0.6) is 0 Å². The number of halogens is 5. The number of hydrogen-bond acceptors (Lipinski definition) is 1. The summed E-state index contributed by atoms with van der Waals surface area (Å²) in [7, 11) is -10.2. The van der Waals surface area contributed by atoms with Gasteiger partial charge in [0.2, 0.25) is 0 Å². The second-order valence-electron chi connectivity index (χ2n) is 13.7. The van der Waals surface area contributed by atoms with Crippen molar-refractivity contribution in [3.8, 4) is 0 Å². The van der Waals surface area contributed by atoms with Crippen LogP contribution in [0, 0.1) is 11.8 Å². The molecule has 1 heterocycles. The van der Waals surface area contributed by atoms with E-state index in [1.807, 2.05) is 48.5 Å². The molecular weight excluding hydrogens is 574 g/mol. The van der Waals surface area contributed by atoms with Crippen LogP contribution in [0.3, 0.4) is 0 Å². The summed E-state index contributed by atoms with van der Waals surface area (Å²) in [6.07, 6.45) is 14.4. The molecule has 0 amide bonds. The maximum atomic E-state index is 14.5. The van der Waals surface area contributed by atoms with Gasteiger partial charge in [-0.3, -0.25) is 0 Å². The third-order valence-corrected chi connectivity index (χ3v) is 11.6. The van der Waals surface area contributed by atoms with Gasteiger partial charge >= 0.3 is 228 Å². The molecule has 0 saturated heterocycles. The summed E-state index contributed by atoms with van der Waals surface area (Å²) in [5, 5.41) is 0. The predicted molar refractivity (Wildman–Crippen MR) is 169 cm³/mol. The van der Waals surface area contributed by atoms with Gasteiger partial charge in [-0.05, 0) is 0 Å². The second-order valence-corrected chi connectivity index (χ2v) is 16.2. The van der Waals surface area contributed by atoms with Gasteiger partial charge in [0.25, 0.3) is 0 Å². The van der Waals surface area contributed by atoms with E-state index in [4.69, 9.17) is 0 Å². The standard InChI is InChI=1S/C35H50F5N2P/c1-3-5-27-7-15-31(16-8-27)33-19-11-29(12-20-33)25-41-23-24-42(35(41)43(36,37,38,39)40)26-30-13-21-34(22-14-30)32-17-9-28(6-4-2)10-18-32/h11-14,19-22,27-28,31-32H,3-10,15-18,23-26H2,1-2H3. The first-order valence-corrected chi connectivity index (χ1v) is 18.8. The van der Waals surface area contributed by atoms with Gasteiger partial charge < -0.3 is 0 Å². The zero-order valence-corrected chi connectivity index (χ0v) is 26.9. The molecule has 0 atom stereocenters. The van der Waals surface area contributed by atoms with Crippen molar-refractivity contribution < 1.29 is 25.6 Å². The molecule has 2 fully saturated rings. The zero-order chi connectivity index (χ0) is 30.7. The van der Waals surface area contributed by atoms with Gasteiger partial charge in [-0.1, -0.05) is 26.7 Å². The summed E-state index contributed by atoms with van der Waals surface area (Å²) in [6, 6.07) is 15.3. The van der Waals surface area contributed by atoms with Gasteiger partial charge in [-0.2, -0.15) is 0 Å². The second kappa shape index (κ2) is 12.4. The number of nitrogens with zero attached hydrogens (tertiary/aromatic N) is 2.